The van der Waals surface area contributed by atoms with Crippen molar-refractivity contribution < 1.29 is 4.74 Å². The first kappa shape index (κ1) is 21.2. The fourth-order valence-corrected chi connectivity index (χ4v) is 3.67. The zero-order valence-corrected chi connectivity index (χ0v) is 18.0. The van der Waals surface area contributed by atoms with Crippen molar-refractivity contribution in [2.75, 3.05) is 53.5 Å². The Balaban J connectivity index is 1.87. The van der Waals surface area contributed by atoms with Crippen LogP contribution in [0.4, 0.5) is 0 Å². The van der Waals surface area contributed by atoms with Crippen LogP contribution in [0, 0.1) is 5.92 Å². The third kappa shape index (κ3) is 6.89. The molecular formula is C20H33BrN4O. The van der Waals surface area contributed by atoms with Crippen molar-refractivity contribution in [3.8, 4) is 0 Å². The molecule has 5 nitrogen and oxygen atoms in total. The summed E-state index contributed by atoms with van der Waals surface area (Å²) in [6, 6.07) is 8.37. The molecule has 1 saturated heterocycles. The van der Waals surface area contributed by atoms with Crippen LogP contribution >= 0.6 is 15.9 Å². The molecule has 1 aliphatic rings. The smallest absolute Gasteiger partial charge is 0.193 e. The largest absolute Gasteiger partial charge is 0.383 e. The third-order valence-electron chi connectivity index (χ3n) is 4.88. The van der Waals surface area contributed by atoms with E-state index in [-0.39, 0.29) is 0 Å². The van der Waals surface area contributed by atoms with Gasteiger partial charge in [0.1, 0.15) is 0 Å². The highest BCUT2D eigenvalue weighted by Crippen LogP contribution is 2.19. The van der Waals surface area contributed by atoms with Crippen molar-refractivity contribution in [2.24, 2.45) is 10.9 Å². The average Bonchev–Trinajstić information content (AvgIpc) is 2.66. The highest BCUT2D eigenvalue weighted by molar-refractivity contribution is 9.10. The first-order valence-electron chi connectivity index (χ1n) is 9.58. The lowest BCUT2D eigenvalue weighted by atomic mass is 9.97. The number of hydrogen-bond acceptors (Lipinski definition) is 3. The molecule has 2 rings (SSSR count). The van der Waals surface area contributed by atoms with Crippen molar-refractivity contribution in [1.29, 1.82) is 0 Å². The molecule has 0 saturated carbocycles. The quantitative estimate of drug-likeness (QED) is 0.513. The molecular weight excluding hydrogens is 392 g/mol. The standard InChI is InChI=1S/C20H33BrN4O/c1-4-22-20(24(2)16-18-7-5-6-8-19(18)21)23-15-17-9-11-25(12-10-17)13-14-26-3/h5-8,17H,4,9-16H2,1-3H3,(H,22,23). The number of aliphatic imine (C=N–C) groups is 1. The Morgan fingerprint density at radius 1 is 1.35 bits per heavy atom. The zero-order valence-electron chi connectivity index (χ0n) is 16.4. The SMILES string of the molecule is CCNC(=NCC1CCN(CCOC)CC1)N(C)Cc1ccccc1Br. The average molecular weight is 425 g/mol. The number of ether oxygens (including phenoxy) is 1. The maximum Gasteiger partial charge on any atom is 0.193 e. The maximum atomic E-state index is 5.18. The van der Waals surface area contributed by atoms with Gasteiger partial charge in [-0.3, -0.25) is 4.99 Å². The van der Waals surface area contributed by atoms with Gasteiger partial charge in [-0.25, -0.2) is 0 Å². The van der Waals surface area contributed by atoms with Crippen molar-refractivity contribution in [3.05, 3.63) is 34.3 Å². The molecule has 146 valence electrons. The van der Waals surface area contributed by atoms with E-state index in [1.54, 1.807) is 7.11 Å². The maximum absolute atomic E-state index is 5.18. The molecule has 0 unspecified atom stereocenters. The van der Waals surface area contributed by atoms with Crippen LogP contribution in [0.3, 0.4) is 0 Å². The van der Waals surface area contributed by atoms with E-state index in [4.69, 9.17) is 9.73 Å². The van der Waals surface area contributed by atoms with Crippen LogP contribution in [0.15, 0.2) is 33.7 Å². The summed E-state index contributed by atoms with van der Waals surface area (Å²) in [7, 11) is 3.88. The van der Waals surface area contributed by atoms with E-state index in [1.807, 2.05) is 6.07 Å². The molecule has 1 aromatic rings. The molecule has 0 radical (unpaired) electrons. The third-order valence-corrected chi connectivity index (χ3v) is 5.65. The molecule has 1 fully saturated rings. The first-order valence-corrected chi connectivity index (χ1v) is 10.4. The Morgan fingerprint density at radius 3 is 2.73 bits per heavy atom. The predicted molar refractivity (Wildman–Crippen MR) is 113 cm³/mol. The second kappa shape index (κ2) is 11.6. The van der Waals surface area contributed by atoms with Gasteiger partial charge < -0.3 is 19.9 Å². The normalized spacial score (nSPS) is 16.7. The van der Waals surface area contributed by atoms with Gasteiger partial charge in [0, 0.05) is 44.8 Å². The molecule has 1 aliphatic heterocycles. The summed E-state index contributed by atoms with van der Waals surface area (Å²) in [5.41, 5.74) is 1.27. The van der Waals surface area contributed by atoms with E-state index in [0.717, 1.165) is 56.3 Å². The molecule has 1 heterocycles. The molecule has 1 N–H and O–H groups in total. The van der Waals surface area contributed by atoms with Gasteiger partial charge in [0.25, 0.3) is 0 Å². The summed E-state index contributed by atoms with van der Waals surface area (Å²) in [6.07, 6.45) is 2.45. The van der Waals surface area contributed by atoms with E-state index in [2.05, 4.69) is 63.2 Å². The number of nitrogens with zero attached hydrogens (tertiary/aromatic N) is 3. The molecule has 0 aromatic heterocycles. The Labute approximate surface area is 166 Å². The lowest BCUT2D eigenvalue weighted by molar-refractivity contribution is 0.121. The number of methoxy groups -OCH3 is 1. The highest BCUT2D eigenvalue weighted by Gasteiger charge is 2.19. The molecule has 0 amide bonds. The molecule has 6 heteroatoms. The number of hydrogen-bond donors (Lipinski definition) is 1. The Kier molecular flexibility index (Phi) is 9.43. The number of halogens is 1. The van der Waals surface area contributed by atoms with Gasteiger partial charge in [0.15, 0.2) is 5.96 Å². The van der Waals surface area contributed by atoms with Crippen LogP contribution in [0.1, 0.15) is 25.3 Å². The Morgan fingerprint density at radius 2 is 2.08 bits per heavy atom. The Bertz CT molecular complexity index is 558. The van der Waals surface area contributed by atoms with Gasteiger partial charge in [-0.05, 0) is 50.4 Å². The minimum atomic E-state index is 0.680. The van der Waals surface area contributed by atoms with E-state index in [0.29, 0.717) is 5.92 Å². The van der Waals surface area contributed by atoms with Gasteiger partial charge in [0.05, 0.1) is 6.61 Å². The number of guanidine groups is 1. The molecule has 26 heavy (non-hydrogen) atoms. The lowest BCUT2D eigenvalue weighted by Gasteiger charge is -2.31. The fourth-order valence-electron chi connectivity index (χ4n) is 3.26. The molecule has 0 spiro atoms. The molecule has 0 aliphatic carbocycles. The van der Waals surface area contributed by atoms with E-state index in [1.165, 1.54) is 18.4 Å². The van der Waals surface area contributed by atoms with Gasteiger partial charge in [-0.2, -0.15) is 0 Å². The van der Waals surface area contributed by atoms with Crippen molar-refractivity contribution in [1.82, 2.24) is 15.1 Å². The lowest BCUT2D eigenvalue weighted by Crippen LogP contribution is -2.40. The van der Waals surface area contributed by atoms with Crippen molar-refractivity contribution in [2.45, 2.75) is 26.3 Å². The number of piperidine rings is 1. The number of rotatable bonds is 8. The van der Waals surface area contributed by atoms with Crippen molar-refractivity contribution >= 4 is 21.9 Å². The number of benzene rings is 1. The van der Waals surface area contributed by atoms with E-state index in [9.17, 15) is 0 Å². The molecule has 1 aromatic carbocycles. The summed E-state index contributed by atoms with van der Waals surface area (Å²) in [5.74, 6) is 1.67. The summed E-state index contributed by atoms with van der Waals surface area (Å²) in [5, 5.41) is 3.43. The first-order chi connectivity index (χ1) is 12.6. The topological polar surface area (TPSA) is 40.1 Å². The van der Waals surface area contributed by atoms with Crippen LogP contribution in [-0.4, -0.2) is 69.2 Å². The van der Waals surface area contributed by atoms with Gasteiger partial charge in [-0.1, -0.05) is 34.1 Å². The minimum absolute atomic E-state index is 0.680. The van der Waals surface area contributed by atoms with Crippen LogP contribution in [0.5, 0.6) is 0 Å². The van der Waals surface area contributed by atoms with Crippen LogP contribution in [0.25, 0.3) is 0 Å². The van der Waals surface area contributed by atoms with E-state index < -0.39 is 0 Å². The monoisotopic (exact) mass is 424 g/mol. The summed E-state index contributed by atoms with van der Waals surface area (Å²) in [6.45, 7) is 8.94. The fraction of sp³-hybridized carbons (Fsp3) is 0.650. The number of nitrogens with one attached hydrogen (secondary N) is 1. The second-order valence-electron chi connectivity index (χ2n) is 6.92. The number of likely N-dealkylation sites (tertiary alicyclic amines) is 1. The van der Waals surface area contributed by atoms with E-state index >= 15 is 0 Å². The molecule has 0 atom stereocenters. The van der Waals surface area contributed by atoms with Crippen LogP contribution in [-0.2, 0) is 11.3 Å². The minimum Gasteiger partial charge on any atom is -0.383 e. The molecule has 0 bridgehead atoms. The zero-order chi connectivity index (χ0) is 18.8. The summed E-state index contributed by atoms with van der Waals surface area (Å²) < 4.78 is 6.32. The second-order valence-corrected chi connectivity index (χ2v) is 7.77. The predicted octanol–water partition coefficient (Wildman–Crippen LogP) is 3.20. The summed E-state index contributed by atoms with van der Waals surface area (Å²) in [4.78, 5) is 9.62. The van der Waals surface area contributed by atoms with Gasteiger partial charge >= 0.3 is 0 Å². The summed E-state index contributed by atoms with van der Waals surface area (Å²) >= 11 is 3.64. The highest BCUT2D eigenvalue weighted by atomic mass is 79.9. The Hall–Kier alpha value is -1.11. The van der Waals surface area contributed by atoms with Gasteiger partial charge in [0.2, 0.25) is 0 Å². The van der Waals surface area contributed by atoms with Crippen molar-refractivity contribution in [3.63, 3.8) is 0 Å². The van der Waals surface area contributed by atoms with Gasteiger partial charge in [-0.15, -0.1) is 0 Å². The van der Waals surface area contributed by atoms with Crippen LogP contribution < -0.4 is 5.32 Å². The van der Waals surface area contributed by atoms with Crippen LogP contribution in [0.2, 0.25) is 0 Å².